The summed E-state index contributed by atoms with van der Waals surface area (Å²) in [5.74, 6) is 0.229. The molecule has 0 saturated carbocycles. The van der Waals surface area contributed by atoms with E-state index < -0.39 is 9.84 Å². The van der Waals surface area contributed by atoms with Crippen LogP contribution in [0.2, 0.25) is 0 Å². The topological polar surface area (TPSA) is 66.9 Å². The maximum Gasteiger partial charge on any atom is 0.237 e. The highest BCUT2D eigenvalue weighted by Crippen LogP contribution is 2.23. The third kappa shape index (κ3) is 5.40. The predicted molar refractivity (Wildman–Crippen MR) is 106 cm³/mol. The van der Waals surface area contributed by atoms with Gasteiger partial charge in [-0.1, -0.05) is 36.4 Å². The zero-order valence-corrected chi connectivity index (χ0v) is 16.7. The lowest BCUT2D eigenvalue weighted by Gasteiger charge is -2.32. The minimum atomic E-state index is -3.03. The summed E-state index contributed by atoms with van der Waals surface area (Å²) in [7, 11) is -1.44. The molecule has 1 aromatic carbocycles. The lowest BCUT2D eigenvalue weighted by Crippen LogP contribution is -2.48. The first-order valence-corrected chi connectivity index (χ1v) is 11.3. The number of rotatable bonds is 7. The largest absolute Gasteiger partial charge is 0.383 e. The van der Waals surface area contributed by atoms with Gasteiger partial charge in [-0.15, -0.1) is 0 Å². The van der Waals surface area contributed by atoms with E-state index in [4.69, 9.17) is 4.74 Å². The fourth-order valence-electron chi connectivity index (χ4n) is 3.77. The Kier molecular flexibility index (Phi) is 6.68. The zero-order valence-electron chi connectivity index (χ0n) is 15.8. The van der Waals surface area contributed by atoms with Crippen LogP contribution in [0.4, 0.5) is 0 Å². The Labute approximate surface area is 161 Å². The molecule has 0 radical (unpaired) electrons. The summed E-state index contributed by atoms with van der Waals surface area (Å²) in [6.45, 7) is 2.73. The smallest absolute Gasteiger partial charge is 0.237 e. The molecule has 7 heteroatoms. The fourth-order valence-corrected chi connectivity index (χ4v) is 5.50. The molecule has 148 valence electrons. The van der Waals surface area contributed by atoms with Gasteiger partial charge in [-0.2, -0.15) is 0 Å². The zero-order chi connectivity index (χ0) is 19.3. The fraction of sp³-hybridized carbons (Fsp3) is 0.550. The van der Waals surface area contributed by atoms with Gasteiger partial charge in [-0.25, -0.2) is 8.42 Å². The molecule has 2 heterocycles. The van der Waals surface area contributed by atoms with E-state index in [9.17, 15) is 13.2 Å². The van der Waals surface area contributed by atoms with Crippen molar-refractivity contribution >= 4 is 21.3 Å². The SMILES string of the molecule is COCCN(C(=O)CN1CC=C(c2ccccc2)CC1)[C@H]1CCS(=O)(=O)C1. The van der Waals surface area contributed by atoms with Crippen molar-refractivity contribution < 1.29 is 17.9 Å². The highest BCUT2D eigenvalue weighted by atomic mass is 32.2. The Morgan fingerprint density at radius 1 is 1.30 bits per heavy atom. The van der Waals surface area contributed by atoms with Gasteiger partial charge in [-0.05, 0) is 24.0 Å². The second kappa shape index (κ2) is 8.99. The molecule has 0 N–H and O–H groups in total. The molecule has 1 saturated heterocycles. The molecular weight excluding hydrogens is 364 g/mol. The number of ether oxygens (including phenoxy) is 1. The number of methoxy groups -OCH3 is 1. The van der Waals surface area contributed by atoms with Gasteiger partial charge < -0.3 is 9.64 Å². The van der Waals surface area contributed by atoms with Crippen molar-refractivity contribution in [1.82, 2.24) is 9.80 Å². The number of carbonyl (C=O) groups is 1. The Morgan fingerprint density at radius 3 is 2.67 bits per heavy atom. The molecule has 2 aliphatic rings. The van der Waals surface area contributed by atoms with Crippen LogP contribution in [-0.2, 0) is 19.4 Å². The molecule has 1 atom stereocenters. The van der Waals surface area contributed by atoms with E-state index in [-0.39, 0.29) is 23.5 Å². The van der Waals surface area contributed by atoms with E-state index in [0.717, 1.165) is 19.5 Å². The molecule has 0 aromatic heterocycles. The highest BCUT2D eigenvalue weighted by Gasteiger charge is 2.34. The molecule has 0 unspecified atom stereocenters. The third-order valence-corrected chi connectivity index (χ3v) is 7.05. The van der Waals surface area contributed by atoms with Crippen molar-refractivity contribution in [3.63, 3.8) is 0 Å². The van der Waals surface area contributed by atoms with Crippen molar-refractivity contribution in [1.29, 1.82) is 0 Å². The summed E-state index contributed by atoms with van der Waals surface area (Å²) in [6, 6.07) is 10.1. The predicted octanol–water partition coefficient (Wildman–Crippen LogP) is 1.44. The first kappa shape index (κ1) is 20.0. The molecule has 1 aromatic rings. The minimum absolute atomic E-state index is 0.00860. The first-order chi connectivity index (χ1) is 13.0. The summed E-state index contributed by atoms with van der Waals surface area (Å²) in [5.41, 5.74) is 2.55. The van der Waals surface area contributed by atoms with Crippen LogP contribution in [0.25, 0.3) is 5.57 Å². The van der Waals surface area contributed by atoms with Gasteiger partial charge in [0, 0.05) is 32.8 Å². The van der Waals surface area contributed by atoms with Crippen molar-refractivity contribution in [2.24, 2.45) is 0 Å². The summed E-state index contributed by atoms with van der Waals surface area (Å²) in [5, 5.41) is 0. The van der Waals surface area contributed by atoms with E-state index in [1.165, 1.54) is 11.1 Å². The lowest BCUT2D eigenvalue weighted by molar-refractivity contribution is -0.134. The minimum Gasteiger partial charge on any atom is -0.383 e. The van der Waals surface area contributed by atoms with Gasteiger partial charge in [0.15, 0.2) is 9.84 Å². The van der Waals surface area contributed by atoms with Crippen LogP contribution in [0.1, 0.15) is 18.4 Å². The van der Waals surface area contributed by atoms with E-state index in [1.54, 1.807) is 12.0 Å². The number of benzene rings is 1. The molecule has 2 aliphatic heterocycles. The molecule has 1 fully saturated rings. The number of carbonyl (C=O) groups excluding carboxylic acids is 1. The maximum atomic E-state index is 12.9. The van der Waals surface area contributed by atoms with Crippen molar-refractivity contribution in [3.8, 4) is 0 Å². The van der Waals surface area contributed by atoms with E-state index >= 15 is 0 Å². The molecule has 0 bridgehead atoms. The van der Waals surface area contributed by atoms with Crippen LogP contribution in [0.3, 0.4) is 0 Å². The Hall–Kier alpha value is -1.70. The normalized spacial score (nSPS) is 22.4. The van der Waals surface area contributed by atoms with Gasteiger partial charge >= 0.3 is 0 Å². The van der Waals surface area contributed by atoms with Crippen LogP contribution in [-0.4, -0.2) is 81.6 Å². The van der Waals surface area contributed by atoms with Gasteiger partial charge in [-0.3, -0.25) is 9.69 Å². The Balaban J connectivity index is 1.60. The second-order valence-electron chi connectivity index (χ2n) is 7.22. The molecule has 27 heavy (non-hydrogen) atoms. The number of hydrogen-bond acceptors (Lipinski definition) is 5. The average Bonchev–Trinajstić information content (AvgIpc) is 3.03. The standard InChI is InChI=1S/C20H28N2O4S/c1-26-13-12-22(19-9-14-27(24,25)16-19)20(23)15-21-10-7-18(8-11-21)17-5-3-2-4-6-17/h2-7,19H,8-16H2,1H3/t19-/m0/s1. The number of hydrogen-bond donors (Lipinski definition) is 0. The molecule has 0 spiro atoms. The van der Waals surface area contributed by atoms with E-state index in [0.29, 0.717) is 26.1 Å². The monoisotopic (exact) mass is 392 g/mol. The molecule has 6 nitrogen and oxygen atoms in total. The number of sulfone groups is 1. The molecular formula is C20H28N2O4S. The summed E-state index contributed by atoms with van der Waals surface area (Å²) < 4.78 is 28.8. The highest BCUT2D eigenvalue weighted by molar-refractivity contribution is 7.91. The van der Waals surface area contributed by atoms with Gasteiger partial charge in [0.1, 0.15) is 0 Å². The average molecular weight is 393 g/mol. The van der Waals surface area contributed by atoms with Gasteiger partial charge in [0.05, 0.1) is 24.7 Å². The second-order valence-corrected chi connectivity index (χ2v) is 9.45. The summed E-state index contributed by atoms with van der Waals surface area (Å²) in [6.07, 6.45) is 3.62. The number of amides is 1. The van der Waals surface area contributed by atoms with Gasteiger partial charge in [0.2, 0.25) is 5.91 Å². The summed E-state index contributed by atoms with van der Waals surface area (Å²) >= 11 is 0. The van der Waals surface area contributed by atoms with Crippen LogP contribution in [0, 0.1) is 0 Å². The van der Waals surface area contributed by atoms with Crippen LogP contribution in [0.5, 0.6) is 0 Å². The Morgan fingerprint density at radius 2 is 2.07 bits per heavy atom. The van der Waals surface area contributed by atoms with Crippen LogP contribution >= 0.6 is 0 Å². The molecule has 0 aliphatic carbocycles. The van der Waals surface area contributed by atoms with Crippen molar-refractivity contribution in [3.05, 3.63) is 42.0 Å². The third-order valence-electron chi connectivity index (χ3n) is 5.30. The first-order valence-electron chi connectivity index (χ1n) is 9.44. The van der Waals surface area contributed by atoms with Crippen LogP contribution in [0.15, 0.2) is 36.4 Å². The quantitative estimate of drug-likeness (QED) is 0.702. The van der Waals surface area contributed by atoms with E-state index in [1.807, 2.05) is 18.2 Å². The number of nitrogens with zero attached hydrogens (tertiary/aromatic N) is 2. The molecule has 3 rings (SSSR count). The summed E-state index contributed by atoms with van der Waals surface area (Å²) in [4.78, 5) is 16.7. The Bertz CT molecular complexity index is 776. The maximum absolute atomic E-state index is 12.9. The van der Waals surface area contributed by atoms with Crippen LogP contribution < -0.4 is 0 Å². The lowest BCUT2D eigenvalue weighted by atomic mass is 9.99. The molecule has 1 amide bonds. The van der Waals surface area contributed by atoms with E-state index in [2.05, 4.69) is 23.1 Å². The van der Waals surface area contributed by atoms with Crippen molar-refractivity contribution in [2.45, 2.75) is 18.9 Å². The van der Waals surface area contributed by atoms with Gasteiger partial charge in [0.25, 0.3) is 0 Å². The van der Waals surface area contributed by atoms with Crippen molar-refractivity contribution in [2.75, 3.05) is 51.4 Å².